The normalized spacial score (nSPS) is 11.0. The van der Waals surface area contributed by atoms with Gasteiger partial charge in [0.05, 0.1) is 0 Å². The van der Waals surface area contributed by atoms with E-state index in [1.54, 1.807) is 0 Å². The third kappa shape index (κ3) is 1.73. The Kier molecular flexibility index (Phi) is 2.64. The van der Waals surface area contributed by atoms with E-state index in [0.29, 0.717) is 0 Å². The first-order chi connectivity index (χ1) is 5.65. The maximum absolute atomic E-state index is 2.19. The largest absolute Gasteiger partial charge is 0.184 e. The molecule has 0 unspecified atom stereocenters. The van der Waals surface area contributed by atoms with Crippen molar-refractivity contribution < 1.29 is 4.57 Å². The first kappa shape index (κ1) is 8.98. The molecule has 0 aromatic carbocycles. The van der Waals surface area contributed by atoms with Crippen molar-refractivity contribution in [3.05, 3.63) is 35.2 Å². The van der Waals surface area contributed by atoms with Crippen molar-refractivity contribution in [2.75, 3.05) is 0 Å². The van der Waals surface area contributed by atoms with E-state index in [4.69, 9.17) is 0 Å². The third-order valence-electron chi connectivity index (χ3n) is 1.93. The molecule has 1 heteroatoms. The lowest BCUT2D eigenvalue weighted by Gasteiger charge is -1.99. The molecule has 12 heavy (non-hydrogen) atoms. The number of aromatic nitrogens is 1. The van der Waals surface area contributed by atoms with Gasteiger partial charge in [0.25, 0.3) is 0 Å². The molecule has 0 aliphatic rings. The van der Waals surface area contributed by atoms with Crippen LogP contribution in [0.5, 0.6) is 0 Å². The van der Waals surface area contributed by atoms with Crippen molar-refractivity contribution in [3.63, 3.8) is 0 Å². The summed E-state index contributed by atoms with van der Waals surface area (Å²) in [6, 6.07) is 4.38. The Labute approximate surface area is 74.4 Å². The van der Waals surface area contributed by atoms with Gasteiger partial charge in [-0.1, -0.05) is 0 Å². The smallest absolute Gasteiger partial charge is 0.169 e. The van der Waals surface area contributed by atoms with Crippen molar-refractivity contribution in [2.45, 2.75) is 27.7 Å². The van der Waals surface area contributed by atoms with Crippen molar-refractivity contribution in [2.24, 2.45) is 0 Å². The average Bonchev–Trinajstić information content (AvgIpc) is 1.96. The fraction of sp³-hybridized carbons (Fsp3) is 0.364. The van der Waals surface area contributed by atoms with Crippen LogP contribution in [0, 0.1) is 20.8 Å². The fourth-order valence-electron chi connectivity index (χ4n) is 1.50. The summed E-state index contributed by atoms with van der Waals surface area (Å²) in [6.45, 7) is 8.41. The number of pyridine rings is 1. The van der Waals surface area contributed by atoms with Crippen molar-refractivity contribution in [1.82, 2.24) is 0 Å². The standard InChI is InChI=1S/C11H16N/c1-5-6-12-10(3)7-9(2)8-11(12)4/h5-8H,1-4H3/q+1/b6-5-. The van der Waals surface area contributed by atoms with Gasteiger partial charge in [0.1, 0.15) is 0 Å². The van der Waals surface area contributed by atoms with Crippen LogP contribution in [0.4, 0.5) is 0 Å². The zero-order valence-electron chi connectivity index (χ0n) is 8.26. The van der Waals surface area contributed by atoms with Gasteiger partial charge >= 0.3 is 0 Å². The number of hydrogen-bond acceptors (Lipinski definition) is 0. The summed E-state index contributed by atoms with van der Waals surface area (Å²) >= 11 is 0. The predicted octanol–water partition coefficient (Wildman–Crippen LogP) is 2.39. The highest BCUT2D eigenvalue weighted by Gasteiger charge is 2.06. The van der Waals surface area contributed by atoms with Gasteiger partial charge in [0, 0.05) is 26.0 Å². The SMILES string of the molecule is C/C=C\[n+]1c(C)cc(C)cc1C. The van der Waals surface area contributed by atoms with Crippen LogP contribution in [0.1, 0.15) is 23.9 Å². The molecule has 1 rings (SSSR count). The maximum Gasteiger partial charge on any atom is 0.184 e. The van der Waals surface area contributed by atoms with E-state index in [-0.39, 0.29) is 0 Å². The van der Waals surface area contributed by atoms with Crippen LogP contribution < -0.4 is 4.57 Å². The molecule has 0 radical (unpaired) electrons. The first-order valence-electron chi connectivity index (χ1n) is 4.27. The summed E-state index contributed by atoms with van der Waals surface area (Å²) in [5, 5.41) is 0. The number of allylic oxidation sites excluding steroid dienone is 1. The van der Waals surface area contributed by atoms with Gasteiger partial charge in [-0.25, -0.2) is 0 Å². The Bertz CT molecular complexity index is 288. The van der Waals surface area contributed by atoms with Gasteiger partial charge in [0.2, 0.25) is 0 Å². The van der Waals surface area contributed by atoms with Gasteiger partial charge in [-0.2, -0.15) is 4.57 Å². The zero-order valence-corrected chi connectivity index (χ0v) is 8.26. The van der Waals surface area contributed by atoms with E-state index in [1.165, 1.54) is 17.0 Å². The fourth-order valence-corrected chi connectivity index (χ4v) is 1.50. The molecule has 0 amide bonds. The summed E-state index contributed by atoms with van der Waals surface area (Å²) in [5.74, 6) is 0. The lowest BCUT2D eigenvalue weighted by Crippen LogP contribution is -2.33. The molecule has 1 nitrogen and oxygen atoms in total. The highest BCUT2D eigenvalue weighted by molar-refractivity contribution is 5.17. The number of nitrogens with zero attached hydrogens (tertiary/aromatic N) is 1. The van der Waals surface area contributed by atoms with Crippen LogP contribution in [0.25, 0.3) is 6.20 Å². The average molecular weight is 162 g/mol. The van der Waals surface area contributed by atoms with Crippen molar-refractivity contribution in [1.29, 1.82) is 0 Å². The Balaban J connectivity index is 3.28. The minimum Gasteiger partial charge on any atom is -0.169 e. The number of rotatable bonds is 1. The van der Waals surface area contributed by atoms with E-state index >= 15 is 0 Å². The van der Waals surface area contributed by atoms with Gasteiger partial charge in [-0.15, -0.1) is 0 Å². The van der Waals surface area contributed by atoms with E-state index in [0.717, 1.165) is 0 Å². The van der Waals surface area contributed by atoms with Gasteiger partial charge < -0.3 is 0 Å². The summed E-state index contributed by atoms with van der Waals surface area (Å²) < 4.78 is 2.19. The molecule has 0 bridgehead atoms. The predicted molar refractivity (Wildman–Crippen MR) is 51.9 cm³/mol. The van der Waals surface area contributed by atoms with Crippen LogP contribution in [0.3, 0.4) is 0 Å². The second-order valence-electron chi connectivity index (χ2n) is 3.17. The van der Waals surface area contributed by atoms with Gasteiger partial charge in [-0.3, -0.25) is 0 Å². The summed E-state index contributed by atoms with van der Waals surface area (Å²) in [7, 11) is 0. The minimum absolute atomic E-state index is 1.28. The summed E-state index contributed by atoms with van der Waals surface area (Å²) in [4.78, 5) is 0. The van der Waals surface area contributed by atoms with Crippen LogP contribution in [-0.2, 0) is 0 Å². The Morgan fingerprint density at radius 1 is 1.08 bits per heavy atom. The second-order valence-corrected chi connectivity index (χ2v) is 3.17. The monoisotopic (exact) mass is 162 g/mol. The topological polar surface area (TPSA) is 3.88 Å². The molecule has 0 atom stereocenters. The molecule has 1 aromatic heterocycles. The summed E-state index contributed by atoms with van der Waals surface area (Å²) in [5.41, 5.74) is 3.89. The molecular formula is C11H16N+. The lowest BCUT2D eigenvalue weighted by atomic mass is 10.2. The van der Waals surface area contributed by atoms with E-state index in [1.807, 2.05) is 6.92 Å². The van der Waals surface area contributed by atoms with Crippen LogP contribution in [0.15, 0.2) is 18.2 Å². The van der Waals surface area contributed by atoms with E-state index in [9.17, 15) is 0 Å². The van der Waals surface area contributed by atoms with Gasteiger partial charge in [0.15, 0.2) is 17.6 Å². The molecular weight excluding hydrogens is 146 g/mol. The Hall–Kier alpha value is -1.11. The molecule has 0 saturated carbocycles. The maximum atomic E-state index is 2.19. The molecule has 0 saturated heterocycles. The Morgan fingerprint density at radius 2 is 1.58 bits per heavy atom. The number of aryl methyl sites for hydroxylation is 3. The first-order valence-corrected chi connectivity index (χ1v) is 4.27. The summed E-state index contributed by atoms with van der Waals surface area (Å²) in [6.07, 6.45) is 4.14. The van der Waals surface area contributed by atoms with Gasteiger partial charge in [-0.05, 0) is 25.5 Å². The highest BCUT2D eigenvalue weighted by Crippen LogP contribution is 2.01. The molecule has 1 heterocycles. The van der Waals surface area contributed by atoms with E-state index in [2.05, 4.69) is 49.7 Å². The van der Waals surface area contributed by atoms with Crippen molar-refractivity contribution >= 4 is 6.20 Å². The van der Waals surface area contributed by atoms with Crippen molar-refractivity contribution in [3.8, 4) is 0 Å². The molecule has 1 aromatic rings. The van der Waals surface area contributed by atoms with Crippen LogP contribution in [0.2, 0.25) is 0 Å². The molecule has 0 aliphatic heterocycles. The minimum atomic E-state index is 1.28. The molecule has 0 aliphatic carbocycles. The Morgan fingerprint density at radius 3 is 2.00 bits per heavy atom. The zero-order chi connectivity index (χ0) is 9.14. The third-order valence-corrected chi connectivity index (χ3v) is 1.93. The van der Waals surface area contributed by atoms with Crippen LogP contribution >= 0.6 is 0 Å². The quantitative estimate of drug-likeness (QED) is 0.558. The molecule has 64 valence electrons. The van der Waals surface area contributed by atoms with E-state index < -0.39 is 0 Å². The second kappa shape index (κ2) is 3.53. The molecule has 0 N–H and O–H groups in total. The highest BCUT2D eigenvalue weighted by atomic mass is 14.9. The number of hydrogen-bond donors (Lipinski definition) is 0. The lowest BCUT2D eigenvalue weighted by molar-refractivity contribution is -0.582. The molecule has 0 fully saturated rings. The molecule has 0 spiro atoms. The van der Waals surface area contributed by atoms with Crippen LogP contribution in [-0.4, -0.2) is 0 Å².